The minimum atomic E-state index is 0. The monoisotopic (exact) mass is 738 g/mol. The first-order chi connectivity index (χ1) is 16.3. The highest BCUT2D eigenvalue weighted by atomic mass is 127. The number of unbranched alkanes of at least 4 members (excludes halogenated alkanes) is 19. The third kappa shape index (κ3) is 31.6. The van der Waals surface area contributed by atoms with Crippen molar-refractivity contribution in [1.82, 2.24) is 0 Å². The molecule has 0 saturated heterocycles. The van der Waals surface area contributed by atoms with Gasteiger partial charge in [0, 0.05) is 12.8 Å². The molecular weight excluding hydrogens is 666 g/mol. The molecule has 0 bridgehead atoms. The Morgan fingerprint density at radius 2 is 0.444 bits per heavy atom. The highest BCUT2D eigenvalue weighted by molar-refractivity contribution is 14.0. The number of quaternary nitrogens is 2. The molecule has 0 unspecified atom stereocenters. The molecule has 0 radical (unpaired) electrons. The van der Waals surface area contributed by atoms with Crippen molar-refractivity contribution in [3.8, 4) is 0 Å². The smallest absolute Gasteiger partial charge is 0.0784 e. The maximum Gasteiger partial charge on any atom is 0.0784 e. The fourth-order valence-electron chi connectivity index (χ4n) is 5.36. The van der Waals surface area contributed by atoms with E-state index in [1.54, 1.807) is 0 Å². The third-order valence-electron chi connectivity index (χ3n) is 8.01. The molecule has 0 heterocycles. The molecule has 0 aliphatic heterocycles. The second-order valence-electron chi connectivity index (χ2n) is 12.8. The van der Waals surface area contributed by atoms with Crippen molar-refractivity contribution in [2.45, 2.75) is 155 Å². The fourth-order valence-corrected chi connectivity index (χ4v) is 5.36. The average Bonchev–Trinajstić information content (AvgIpc) is 2.79. The lowest BCUT2D eigenvalue weighted by atomic mass is 10.1. The van der Waals surface area contributed by atoms with Gasteiger partial charge in [-0.05, 0) is 25.7 Å². The standard InChI is InChI=1S/C32H70N2.2HI/c1-7-9-11-13-15-17-19-21-23-25-29-33(3,4)31-27-28-32-34(5,6)30-26-24-22-20-18-16-14-12-10-8-2;;/h7-32H2,1-6H3;2*1H/q+2;;. The van der Waals surface area contributed by atoms with Gasteiger partial charge < -0.3 is 8.97 Å². The molecule has 0 aromatic heterocycles. The summed E-state index contributed by atoms with van der Waals surface area (Å²) in [6.45, 7) is 10.1. The molecule has 36 heavy (non-hydrogen) atoms. The van der Waals surface area contributed by atoms with E-state index in [9.17, 15) is 0 Å². The van der Waals surface area contributed by atoms with E-state index in [4.69, 9.17) is 0 Å². The summed E-state index contributed by atoms with van der Waals surface area (Å²) in [5.74, 6) is 0. The van der Waals surface area contributed by atoms with Crippen LogP contribution in [-0.4, -0.2) is 63.3 Å². The van der Waals surface area contributed by atoms with Gasteiger partial charge in [0.25, 0.3) is 0 Å². The molecule has 0 amide bonds. The van der Waals surface area contributed by atoms with Crippen LogP contribution in [0.2, 0.25) is 0 Å². The molecule has 0 rings (SSSR count). The molecule has 0 aliphatic rings. The van der Waals surface area contributed by atoms with Crippen molar-refractivity contribution >= 4 is 48.0 Å². The largest absolute Gasteiger partial charge is 0.328 e. The van der Waals surface area contributed by atoms with Crippen molar-refractivity contribution in [3.05, 3.63) is 0 Å². The zero-order valence-corrected chi connectivity index (χ0v) is 30.8. The topological polar surface area (TPSA) is 0 Å². The second-order valence-corrected chi connectivity index (χ2v) is 12.8. The Balaban J connectivity index is -0.00000544. The van der Waals surface area contributed by atoms with Crippen molar-refractivity contribution in [2.75, 3.05) is 54.4 Å². The number of hydrogen-bond donors (Lipinski definition) is 0. The number of halogens is 2. The molecule has 0 spiro atoms. The van der Waals surface area contributed by atoms with Crippen LogP contribution in [-0.2, 0) is 0 Å². The average molecular weight is 739 g/mol. The Morgan fingerprint density at radius 1 is 0.278 bits per heavy atom. The molecule has 4 heteroatoms. The van der Waals surface area contributed by atoms with Crippen molar-refractivity contribution in [3.63, 3.8) is 0 Å². The molecule has 0 saturated carbocycles. The van der Waals surface area contributed by atoms with E-state index in [0.29, 0.717) is 0 Å². The Labute approximate surface area is 264 Å². The van der Waals surface area contributed by atoms with Gasteiger partial charge in [-0.1, -0.05) is 117 Å². The quantitative estimate of drug-likeness (QED) is 0.0447. The molecular formula is C32H72I2N2+2. The van der Waals surface area contributed by atoms with Gasteiger partial charge in [0.15, 0.2) is 0 Å². The zero-order valence-electron chi connectivity index (χ0n) is 26.1. The second kappa shape index (κ2) is 29.4. The summed E-state index contributed by atoms with van der Waals surface area (Å²) in [7, 11) is 9.82. The van der Waals surface area contributed by atoms with Crippen molar-refractivity contribution < 1.29 is 8.97 Å². The van der Waals surface area contributed by atoms with E-state index >= 15 is 0 Å². The van der Waals surface area contributed by atoms with Crippen LogP contribution in [0, 0.1) is 0 Å². The van der Waals surface area contributed by atoms with Crippen LogP contribution in [0.15, 0.2) is 0 Å². The summed E-state index contributed by atoms with van der Waals surface area (Å²) in [6, 6.07) is 0. The molecule has 0 aromatic carbocycles. The lowest BCUT2D eigenvalue weighted by molar-refractivity contribution is -0.897. The van der Waals surface area contributed by atoms with Crippen LogP contribution in [0.25, 0.3) is 0 Å². The van der Waals surface area contributed by atoms with Crippen molar-refractivity contribution in [2.24, 2.45) is 0 Å². The predicted molar refractivity (Wildman–Crippen MR) is 187 cm³/mol. The van der Waals surface area contributed by atoms with Crippen LogP contribution < -0.4 is 0 Å². The number of rotatable bonds is 27. The predicted octanol–water partition coefficient (Wildman–Crippen LogP) is 11.0. The van der Waals surface area contributed by atoms with Gasteiger partial charge in [0.2, 0.25) is 0 Å². The summed E-state index contributed by atoms with van der Waals surface area (Å²) < 4.78 is 2.45. The Hall–Kier alpha value is 1.38. The highest BCUT2D eigenvalue weighted by Gasteiger charge is 2.17. The van der Waals surface area contributed by atoms with Crippen LogP contribution >= 0.6 is 48.0 Å². The lowest BCUT2D eigenvalue weighted by Gasteiger charge is -2.32. The Morgan fingerprint density at radius 3 is 0.667 bits per heavy atom. The summed E-state index contributed by atoms with van der Waals surface area (Å²) in [5.41, 5.74) is 0. The van der Waals surface area contributed by atoms with Gasteiger partial charge in [-0.3, -0.25) is 0 Å². The zero-order chi connectivity index (χ0) is 25.4. The van der Waals surface area contributed by atoms with E-state index in [1.807, 2.05) is 0 Å². The summed E-state index contributed by atoms with van der Waals surface area (Å²) in [5, 5.41) is 0. The van der Waals surface area contributed by atoms with E-state index in [1.165, 1.54) is 176 Å². The summed E-state index contributed by atoms with van der Waals surface area (Å²) >= 11 is 0. The summed E-state index contributed by atoms with van der Waals surface area (Å²) in [6.07, 6.45) is 31.7. The fraction of sp³-hybridized carbons (Fsp3) is 1.00. The molecule has 2 nitrogen and oxygen atoms in total. The molecule has 0 fully saturated rings. The number of hydrogen-bond acceptors (Lipinski definition) is 0. The SMILES string of the molecule is CCCCCCCCCCCC[N+](C)(C)CCCC[N+](C)(C)CCCCCCCCCCCC.I.I. The molecule has 222 valence electrons. The third-order valence-corrected chi connectivity index (χ3v) is 8.01. The minimum absolute atomic E-state index is 0. The summed E-state index contributed by atoms with van der Waals surface area (Å²) in [4.78, 5) is 0. The van der Waals surface area contributed by atoms with Crippen LogP contribution in [0.3, 0.4) is 0 Å². The first-order valence-corrected chi connectivity index (χ1v) is 16.0. The van der Waals surface area contributed by atoms with Gasteiger partial charge >= 0.3 is 0 Å². The normalized spacial score (nSPS) is 11.8. The molecule has 0 N–H and O–H groups in total. The first kappa shape index (κ1) is 41.9. The van der Waals surface area contributed by atoms with E-state index < -0.39 is 0 Å². The van der Waals surface area contributed by atoms with Gasteiger partial charge in [-0.25, -0.2) is 0 Å². The van der Waals surface area contributed by atoms with Crippen LogP contribution in [0.4, 0.5) is 0 Å². The van der Waals surface area contributed by atoms with E-state index in [2.05, 4.69) is 42.0 Å². The van der Waals surface area contributed by atoms with Gasteiger partial charge in [-0.2, -0.15) is 0 Å². The highest BCUT2D eigenvalue weighted by Crippen LogP contribution is 2.14. The maximum absolute atomic E-state index is 2.46. The molecule has 0 atom stereocenters. The van der Waals surface area contributed by atoms with Crippen molar-refractivity contribution in [1.29, 1.82) is 0 Å². The molecule has 0 aromatic rings. The van der Waals surface area contributed by atoms with E-state index in [-0.39, 0.29) is 48.0 Å². The van der Waals surface area contributed by atoms with Gasteiger partial charge in [-0.15, -0.1) is 48.0 Å². The Bertz CT molecular complexity index is 375. The molecule has 0 aliphatic carbocycles. The van der Waals surface area contributed by atoms with Gasteiger partial charge in [0.05, 0.1) is 54.4 Å². The van der Waals surface area contributed by atoms with E-state index in [0.717, 1.165) is 0 Å². The maximum atomic E-state index is 2.46. The van der Waals surface area contributed by atoms with Gasteiger partial charge in [0.1, 0.15) is 0 Å². The Kier molecular flexibility index (Phi) is 34.1. The number of nitrogens with zero attached hydrogens (tertiary/aromatic N) is 2. The first-order valence-electron chi connectivity index (χ1n) is 16.0. The van der Waals surface area contributed by atoms with Crippen LogP contribution in [0.5, 0.6) is 0 Å². The van der Waals surface area contributed by atoms with Crippen LogP contribution in [0.1, 0.15) is 155 Å². The minimum Gasteiger partial charge on any atom is -0.328 e. The lowest BCUT2D eigenvalue weighted by Crippen LogP contribution is -2.43.